The van der Waals surface area contributed by atoms with Gasteiger partial charge >= 0.3 is 0 Å². The van der Waals surface area contributed by atoms with Gasteiger partial charge in [-0.1, -0.05) is 13.3 Å². The number of nitrogens with one attached hydrogen (secondary N) is 1. The summed E-state index contributed by atoms with van der Waals surface area (Å²) in [5.74, 6) is 0. The molecule has 0 aromatic carbocycles. The predicted molar refractivity (Wildman–Crippen MR) is 75.0 cm³/mol. The molecular weight excluding hydrogens is 246 g/mol. The van der Waals surface area contributed by atoms with E-state index in [1.807, 2.05) is 19.4 Å². The van der Waals surface area contributed by atoms with E-state index >= 15 is 0 Å². The second-order valence-corrected chi connectivity index (χ2v) is 6.91. The van der Waals surface area contributed by atoms with Crippen molar-refractivity contribution in [3.05, 3.63) is 18.2 Å². The van der Waals surface area contributed by atoms with Crippen molar-refractivity contribution in [3.63, 3.8) is 0 Å². The third-order valence-electron chi connectivity index (χ3n) is 3.76. The summed E-state index contributed by atoms with van der Waals surface area (Å²) < 4.78 is 13.6. The van der Waals surface area contributed by atoms with Gasteiger partial charge in [-0.25, -0.2) is 4.98 Å². The van der Waals surface area contributed by atoms with Crippen LogP contribution in [0.15, 0.2) is 12.5 Å². The summed E-state index contributed by atoms with van der Waals surface area (Å²) in [5.41, 5.74) is 1.28. The molecule has 102 valence electrons. The maximum absolute atomic E-state index is 11.4. The van der Waals surface area contributed by atoms with E-state index in [0.29, 0.717) is 6.04 Å². The number of rotatable bonds is 5. The van der Waals surface area contributed by atoms with E-state index < -0.39 is 10.8 Å². The zero-order chi connectivity index (χ0) is 13.0. The van der Waals surface area contributed by atoms with Crippen LogP contribution in [0, 0.1) is 0 Å². The van der Waals surface area contributed by atoms with Gasteiger partial charge in [-0.15, -0.1) is 0 Å². The smallest absolute Gasteiger partial charge is 0.0948 e. The van der Waals surface area contributed by atoms with Gasteiger partial charge in [0.2, 0.25) is 0 Å². The fraction of sp³-hybridized carbons (Fsp3) is 0.769. The molecule has 1 saturated heterocycles. The first-order valence-electron chi connectivity index (χ1n) is 6.74. The Morgan fingerprint density at radius 2 is 2.44 bits per heavy atom. The van der Waals surface area contributed by atoms with Crippen LogP contribution in [0.4, 0.5) is 0 Å². The first kappa shape index (κ1) is 13.7. The number of nitrogens with zero attached hydrogens (tertiary/aromatic N) is 2. The Hall–Kier alpha value is -0.680. The number of hydrogen-bond acceptors (Lipinski definition) is 3. The van der Waals surface area contributed by atoms with E-state index in [4.69, 9.17) is 0 Å². The molecule has 0 bridgehead atoms. The van der Waals surface area contributed by atoms with Gasteiger partial charge in [-0.3, -0.25) is 4.21 Å². The molecule has 1 aliphatic rings. The summed E-state index contributed by atoms with van der Waals surface area (Å²) >= 11 is 0. The Balaban J connectivity index is 1.96. The van der Waals surface area contributed by atoms with Gasteiger partial charge in [0, 0.05) is 41.1 Å². The van der Waals surface area contributed by atoms with E-state index in [9.17, 15) is 4.21 Å². The standard InChI is InChI=1S/C13H23N3OS/c1-11(18(2)17)6-8-16-10-14-9-13(16)12-5-3-4-7-15-12/h9-12,15H,3-8H2,1-2H3. The Labute approximate surface area is 112 Å². The maximum Gasteiger partial charge on any atom is 0.0948 e. The molecule has 3 atom stereocenters. The highest BCUT2D eigenvalue weighted by atomic mass is 32.2. The number of imidazole rings is 1. The molecule has 2 rings (SSSR count). The highest BCUT2D eigenvalue weighted by Gasteiger charge is 2.18. The highest BCUT2D eigenvalue weighted by molar-refractivity contribution is 7.84. The lowest BCUT2D eigenvalue weighted by molar-refractivity contribution is 0.391. The lowest BCUT2D eigenvalue weighted by atomic mass is 10.0. The molecule has 5 heteroatoms. The minimum Gasteiger partial charge on any atom is -0.333 e. The van der Waals surface area contributed by atoms with Gasteiger partial charge in [0.25, 0.3) is 0 Å². The van der Waals surface area contributed by atoms with Crippen molar-refractivity contribution in [1.29, 1.82) is 0 Å². The average molecular weight is 269 g/mol. The molecule has 1 N–H and O–H groups in total. The molecule has 4 nitrogen and oxygen atoms in total. The van der Waals surface area contributed by atoms with Crippen molar-refractivity contribution in [1.82, 2.24) is 14.9 Å². The fourth-order valence-corrected chi connectivity index (χ4v) is 2.84. The summed E-state index contributed by atoms with van der Waals surface area (Å²) in [4.78, 5) is 4.27. The molecule has 0 spiro atoms. The highest BCUT2D eigenvalue weighted by Crippen LogP contribution is 2.22. The largest absolute Gasteiger partial charge is 0.333 e. The lowest BCUT2D eigenvalue weighted by Crippen LogP contribution is -2.28. The number of piperidine rings is 1. The van der Waals surface area contributed by atoms with Gasteiger partial charge in [-0.05, 0) is 25.8 Å². The average Bonchev–Trinajstić information content (AvgIpc) is 2.85. The van der Waals surface area contributed by atoms with Crippen LogP contribution in [0.3, 0.4) is 0 Å². The second-order valence-electron chi connectivity index (χ2n) is 5.11. The monoisotopic (exact) mass is 269 g/mol. The van der Waals surface area contributed by atoms with Crippen LogP contribution in [-0.2, 0) is 17.3 Å². The molecule has 1 fully saturated rings. The van der Waals surface area contributed by atoms with Gasteiger partial charge in [0.05, 0.1) is 12.0 Å². The summed E-state index contributed by atoms with van der Waals surface area (Å²) in [6.07, 6.45) is 10.4. The van der Waals surface area contributed by atoms with E-state index in [2.05, 4.69) is 14.9 Å². The molecule has 0 saturated carbocycles. The van der Waals surface area contributed by atoms with E-state index in [1.54, 1.807) is 6.26 Å². The number of aromatic nitrogens is 2. The van der Waals surface area contributed by atoms with Crippen LogP contribution in [0.2, 0.25) is 0 Å². The Morgan fingerprint density at radius 1 is 1.61 bits per heavy atom. The summed E-state index contributed by atoms with van der Waals surface area (Å²) in [6.45, 7) is 4.06. The number of hydrogen-bond donors (Lipinski definition) is 1. The summed E-state index contributed by atoms with van der Waals surface area (Å²) in [6, 6.07) is 0.448. The third-order valence-corrected chi connectivity index (χ3v) is 5.12. The second kappa shape index (κ2) is 6.48. The minimum atomic E-state index is -0.733. The zero-order valence-corrected chi connectivity index (χ0v) is 12.1. The van der Waals surface area contributed by atoms with Gasteiger partial charge in [-0.2, -0.15) is 0 Å². The predicted octanol–water partition coefficient (Wildman–Crippen LogP) is 1.85. The summed E-state index contributed by atoms with van der Waals surface area (Å²) in [7, 11) is -0.733. The van der Waals surface area contributed by atoms with Crippen molar-refractivity contribution in [2.45, 2.75) is 50.4 Å². The molecule has 1 aromatic rings. The van der Waals surface area contributed by atoms with E-state index in [1.165, 1.54) is 25.0 Å². The van der Waals surface area contributed by atoms with Gasteiger partial charge in [0.1, 0.15) is 0 Å². The van der Waals surface area contributed by atoms with Crippen molar-refractivity contribution >= 4 is 10.8 Å². The Bertz CT molecular complexity index is 399. The van der Waals surface area contributed by atoms with Crippen LogP contribution in [0.1, 0.15) is 44.3 Å². The molecule has 3 unspecified atom stereocenters. The van der Waals surface area contributed by atoms with Crippen LogP contribution >= 0.6 is 0 Å². The molecule has 1 aromatic heterocycles. The minimum absolute atomic E-state index is 0.250. The quantitative estimate of drug-likeness (QED) is 0.887. The van der Waals surface area contributed by atoms with E-state index in [0.717, 1.165) is 19.5 Å². The molecule has 0 radical (unpaired) electrons. The van der Waals surface area contributed by atoms with Gasteiger partial charge < -0.3 is 9.88 Å². The topological polar surface area (TPSA) is 46.9 Å². The SMILES string of the molecule is CC(CCn1cncc1C1CCCCN1)S(C)=O. The lowest BCUT2D eigenvalue weighted by Gasteiger charge is -2.24. The van der Waals surface area contributed by atoms with Crippen LogP contribution in [0.5, 0.6) is 0 Å². The fourth-order valence-electron chi connectivity index (χ4n) is 2.40. The Kier molecular flexibility index (Phi) is 4.95. The summed E-state index contributed by atoms with van der Waals surface area (Å²) in [5, 5.41) is 3.80. The molecule has 0 amide bonds. The van der Waals surface area contributed by atoms with Crippen LogP contribution < -0.4 is 5.32 Å². The number of aryl methyl sites for hydroxylation is 1. The normalized spacial score (nSPS) is 23.8. The molecule has 2 heterocycles. The third kappa shape index (κ3) is 3.42. The molecule has 0 aliphatic carbocycles. The first-order valence-corrected chi connectivity index (χ1v) is 8.36. The van der Waals surface area contributed by atoms with Crippen molar-refractivity contribution in [2.24, 2.45) is 0 Å². The van der Waals surface area contributed by atoms with Gasteiger partial charge in [0.15, 0.2) is 0 Å². The van der Waals surface area contributed by atoms with Crippen LogP contribution in [0.25, 0.3) is 0 Å². The van der Waals surface area contributed by atoms with Crippen molar-refractivity contribution < 1.29 is 4.21 Å². The molecule has 18 heavy (non-hydrogen) atoms. The first-order chi connectivity index (χ1) is 8.68. The molecule has 1 aliphatic heterocycles. The zero-order valence-electron chi connectivity index (χ0n) is 11.3. The molecular formula is C13H23N3OS. The Morgan fingerprint density at radius 3 is 3.11 bits per heavy atom. The van der Waals surface area contributed by atoms with Crippen LogP contribution in [-0.4, -0.2) is 31.8 Å². The van der Waals surface area contributed by atoms with Crippen molar-refractivity contribution in [2.75, 3.05) is 12.8 Å². The van der Waals surface area contributed by atoms with Crippen molar-refractivity contribution in [3.8, 4) is 0 Å². The van der Waals surface area contributed by atoms with E-state index in [-0.39, 0.29) is 5.25 Å². The maximum atomic E-state index is 11.4.